The third-order valence-electron chi connectivity index (χ3n) is 1.85. The third kappa shape index (κ3) is 3.22. The number of carbonyl (C=O) groups is 1. The van der Waals surface area contributed by atoms with Crippen LogP contribution in [-0.2, 0) is 4.79 Å². The van der Waals surface area contributed by atoms with Gasteiger partial charge in [0.25, 0.3) is 0 Å². The Labute approximate surface area is 101 Å². The minimum Gasteiger partial charge on any atom is -0.490 e. The van der Waals surface area contributed by atoms with E-state index in [0.717, 1.165) is 4.47 Å². The van der Waals surface area contributed by atoms with Gasteiger partial charge in [0, 0.05) is 4.47 Å². The van der Waals surface area contributed by atoms with Gasteiger partial charge in [0.1, 0.15) is 24.5 Å². The summed E-state index contributed by atoms with van der Waals surface area (Å²) in [6.07, 6.45) is 0. The van der Waals surface area contributed by atoms with Crippen LogP contribution in [0.5, 0.6) is 5.75 Å². The number of rotatable bonds is 4. The van der Waals surface area contributed by atoms with Crippen LogP contribution in [0, 0.1) is 11.3 Å². The molecule has 1 unspecified atom stereocenters. The highest BCUT2D eigenvalue weighted by Crippen LogP contribution is 2.22. The first kappa shape index (κ1) is 12.5. The number of nitrogens with zero attached hydrogens (tertiary/aromatic N) is 1. The third-order valence-corrected chi connectivity index (χ3v) is 2.34. The van der Waals surface area contributed by atoms with Crippen molar-refractivity contribution in [2.45, 2.75) is 6.04 Å². The van der Waals surface area contributed by atoms with Crippen LogP contribution < -0.4 is 16.2 Å². The van der Waals surface area contributed by atoms with Gasteiger partial charge >= 0.3 is 0 Å². The van der Waals surface area contributed by atoms with Crippen molar-refractivity contribution in [2.24, 2.45) is 11.5 Å². The summed E-state index contributed by atoms with van der Waals surface area (Å²) in [4.78, 5) is 10.7. The van der Waals surface area contributed by atoms with E-state index in [-0.39, 0.29) is 6.61 Å². The van der Waals surface area contributed by atoms with E-state index in [4.69, 9.17) is 21.5 Å². The molecule has 0 aliphatic heterocycles. The molecule has 6 heteroatoms. The second-order valence-electron chi connectivity index (χ2n) is 3.07. The van der Waals surface area contributed by atoms with E-state index >= 15 is 0 Å². The molecule has 0 aliphatic rings. The molecule has 1 rings (SSSR count). The Morgan fingerprint density at radius 1 is 1.62 bits per heavy atom. The largest absolute Gasteiger partial charge is 0.490 e. The van der Waals surface area contributed by atoms with E-state index in [9.17, 15) is 4.79 Å². The van der Waals surface area contributed by atoms with E-state index < -0.39 is 11.9 Å². The molecular formula is C10H10BrN3O2. The zero-order valence-corrected chi connectivity index (χ0v) is 9.90. The molecule has 0 fully saturated rings. The van der Waals surface area contributed by atoms with Crippen molar-refractivity contribution in [1.29, 1.82) is 5.26 Å². The monoisotopic (exact) mass is 283 g/mol. The quantitative estimate of drug-likeness (QED) is 0.840. The van der Waals surface area contributed by atoms with Crippen LogP contribution in [0.4, 0.5) is 0 Å². The lowest BCUT2D eigenvalue weighted by atomic mass is 10.2. The highest BCUT2D eigenvalue weighted by molar-refractivity contribution is 9.10. The first-order valence-electron chi connectivity index (χ1n) is 4.42. The molecule has 84 valence electrons. The maximum atomic E-state index is 10.7. The van der Waals surface area contributed by atoms with Gasteiger partial charge in [0.05, 0.1) is 5.56 Å². The van der Waals surface area contributed by atoms with Crippen molar-refractivity contribution in [3.63, 3.8) is 0 Å². The Kier molecular flexibility index (Phi) is 4.28. The molecule has 16 heavy (non-hydrogen) atoms. The summed E-state index contributed by atoms with van der Waals surface area (Å²) < 4.78 is 6.01. The minimum atomic E-state index is -0.879. The lowest BCUT2D eigenvalue weighted by molar-refractivity contribution is -0.119. The average molecular weight is 284 g/mol. The molecular weight excluding hydrogens is 274 g/mol. The molecule has 0 spiro atoms. The van der Waals surface area contributed by atoms with Crippen LogP contribution in [0.15, 0.2) is 22.7 Å². The maximum absolute atomic E-state index is 10.7. The van der Waals surface area contributed by atoms with Gasteiger partial charge in [-0.2, -0.15) is 5.26 Å². The van der Waals surface area contributed by atoms with E-state index in [1.807, 2.05) is 6.07 Å². The SMILES string of the molecule is N#Cc1cc(Br)ccc1OCC(N)C(N)=O. The summed E-state index contributed by atoms with van der Waals surface area (Å²) in [6, 6.07) is 6.06. The van der Waals surface area contributed by atoms with Crippen LogP contribution in [0.3, 0.4) is 0 Å². The van der Waals surface area contributed by atoms with Gasteiger partial charge in [-0.25, -0.2) is 0 Å². The van der Waals surface area contributed by atoms with Crippen LogP contribution in [0.25, 0.3) is 0 Å². The molecule has 0 saturated carbocycles. The molecule has 0 aromatic heterocycles. The Hall–Kier alpha value is -1.58. The van der Waals surface area contributed by atoms with E-state index in [0.29, 0.717) is 11.3 Å². The molecule has 0 saturated heterocycles. The van der Waals surface area contributed by atoms with Gasteiger partial charge in [-0.3, -0.25) is 4.79 Å². The number of hydrogen-bond acceptors (Lipinski definition) is 4. The van der Waals surface area contributed by atoms with Crippen molar-refractivity contribution in [3.8, 4) is 11.8 Å². The number of ether oxygens (including phenoxy) is 1. The van der Waals surface area contributed by atoms with Crippen molar-refractivity contribution >= 4 is 21.8 Å². The van der Waals surface area contributed by atoms with Crippen molar-refractivity contribution in [3.05, 3.63) is 28.2 Å². The number of nitrogens with two attached hydrogens (primary N) is 2. The molecule has 0 heterocycles. The van der Waals surface area contributed by atoms with Crippen molar-refractivity contribution in [2.75, 3.05) is 6.61 Å². The summed E-state index contributed by atoms with van der Waals surface area (Å²) in [5, 5.41) is 8.84. The molecule has 5 nitrogen and oxygen atoms in total. The standard InChI is InChI=1S/C10H10BrN3O2/c11-7-1-2-9(6(3-7)4-12)16-5-8(13)10(14)15/h1-3,8H,5,13H2,(H2,14,15). The molecule has 0 aliphatic carbocycles. The Morgan fingerprint density at radius 2 is 2.31 bits per heavy atom. The smallest absolute Gasteiger partial charge is 0.237 e. The van der Waals surface area contributed by atoms with Crippen molar-refractivity contribution in [1.82, 2.24) is 0 Å². The van der Waals surface area contributed by atoms with Gasteiger partial charge in [-0.05, 0) is 18.2 Å². The molecule has 1 aromatic rings. The number of halogens is 1. The van der Waals surface area contributed by atoms with Crippen LogP contribution in [0.1, 0.15) is 5.56 Å². The number of hydrogen-bond donors (Lipinski definition) is 2. The molecule has 4 N–H and O–H groups in total. The summed E-state index contributed by atoms with van der Waals surface area (Å²) in [6.45, 7) is -0.0500. The topological polar surface area (TPSA) is 102 Å². The molecule has 0 bridgehead atoms. The zero-order chi connectivity index (χ0) is 12.1. The lowest BCUT2D eigenvalue weighted by Crippen LogP contribution is -2.41. The van der Waals surface area contributed by atoms with Crippen LogP contribution in [-0.4, -0.2) is 18.6 Å². The van der Waals surface area contributed by atoms with Gasteiger partial charge < -0.3 is 16.2 Å². The second-order valence-corrected chi connectivity index (χ2v) is 3.99. The number of nitriles is 1. The number of primary amides is 1. The summed E-state index contributed by atoms with van der Waals surface area (Å²) in [5.41, 5.74) is 10.7. The lowest BCUT2D eigenvalue weighted by Gasteiger charge is -2.11. The average Bonchev–Trinajstić information content (AvgIpc) is 2.26. The second kappa shape index (κ2) is 5.49. The summed E-state index contributed by atoms with van der Waals surface area (Å²) in [7, 11) is 0. The van der Waals surface area contributed by atoms with E-state index in [1.165, 1.54) is 0 Å². The minimum absolute atomic E-state index is 0.0500. The van der Waals surface area contributed by atoms with Crippen LogP contribution >= 0.6 is 15.9 Å². The number of amides is 1. The zero-order valence-electron chi connectivity index (χ0n) is 8.31. The molecule has 1 aromatic carbocycles. The summed E-state index contributed by atoms with van der Waals surface area (Å²) >= 11 is 3.23. The summed E-state index contributed by atoms with van der Waals surface area (Å²) in [5.74, 6) is -0.266. The molecule has 1 atom stereocenters. The fourth-order valence-corrected chi connectivity index (χ4v) is 1.34. The number of carbonyl (C=O) groups excluding carboxylic acids is 1. The Balaban J connectivity index is 2.75. The first-order chi connectivity index (χ1) is 7.54. The normalized spacial score (nSPS) is 11.6. The maximum Gasteiger partial charge on any atom is 0.237 e. The predicted molar refractivity (Wildman–Crippen MR) is 61.5 cm³/mol. The van der Waals surface area contributed by atoms with Gasteiger partial charge in [0.15, 0.2) is 0 Å². The highest BCUT2D eigenvalue weighted by atomic mass is 79.9. The molecule has 1 amide bonds. The van der Waals surface area contributed by atoms with E-state index in [2.05, 4.69) is 15.9 Å². The Morgan fingerprint density at radius 3 is 2.88 bits per heavy atom. The van der Waals surface area contributed by atoms with Crippen molar-refractivity contribution < 1.29 is 9.53 Å². The molecule has 0 radical (unpaired) electrons. The predicted octanol–water partition coefficient (Wildman–Crippen LogP) is 0.512. The Bertz CT molecular complexity index is 442. The fraction of sp³-hybridized carbons (Fsp3) is 0.200. The fourth-order valence-electron chi connectivity index (χ4n) is 0.977. The van der Waals surface area contributed by atoms with E-state index in [1.54, 1.807) is 18.2 Å². The first-order valence-corrected chi connectivity index (χ1v) is 5.21. The number of benzene rings is 1. The van der Waals surface area contributed by atoms with Gasteiger partial charge in [-0.1, -0.05) is 15.9 Å². The van der Waals surface area contributed by atoms with Gasteiger partial charge in [0.2, 0.25) is 5.91 Å². The highest BCUT2D eigenvalue weighted by Gasteiger charge is 2.11. The van der Waals surface area contributed by atoms with Crippen LogP contribution in [0.2, 0.25) is 0 Å². The van der Waals surface area contributed by atoms with Gasteiger partial charge in [-0.15, -0.1) is 0 Å².